The fourth-order valence-corrected chi connectivity index (χ4v) is 13.2. The standard InChI is InChI=1S/C80H118N28O14/c1-3-13-55(69(115)101-59(21-11-35-95-79(89)90)73(119)105-61(65(83)111)37-43-23-27-47(109)28-24-43)99-71(117)57(19-9-33-93-77(85)86)103-75(121)63(39-45-41-97-53-17-7-5-15-49(45)53)107-67(113)51(81)31-32-52(82)68(114)108-64(40-46-42-98-54-18-8-6-16-50(46)54)76(122)104-58(20-10-34-94-78(87)88)72(118)100-56(14-4-2)70(116)102-60(22-12-36-96-80(91)92)74(120)106-62(66(84)112)38-44-25-29-48(110)30-26-44/h5-8,15-18,23-30,41-42,51-52,55-64,97-98,109-110H,3-4,9-14,19-22,31-40,81-82H2,1-2H3,(H2,83,111)(H2,84,112)(H,99,117)(H,100,118)(H,101,115)(H,102,116)(H,103,121)(H,104,122)(H,105,119)(H,106,120)(H,107,113)(H,108,114)(H4,85,86,93)(H4,87,88,94)(H4,89,90,95)(H4,91,92,96)/t51?,52?,55-,56-,57-,58-,59-,60-,61-,62-,63-,64-/m0/s1. The van der Waals surface area contributed by atoms with Crippen molar-refractivity contribution < 1.29 is 67.7 Å². The summed E-state index contributed by atoms with van der Waals surface area (Å²) in [5.41, 5.74) is 73.0. The lowest BCUT2D eigenvalue weighted by atomic mass is 10.0. The van der Waals surface area contributed by atoms with Gasteiger partial charge in [0.15, 0.2) is 23.8 Å². The number of aromatic hydroxyl groups is 2. The van der Waals surface area contributed by atoms with Crippen LogP contribution < -0.4 is 122 Å². The van der Waals surface area contributed by atoms with Crippen molar-refractivity contribution in [1.29, 1.82) is 0 Å². The highest BCUT2D eigenvalue weighted by molar-refractivity contribution is 6.00. The predicted octanol–water partition coefficient (Wildman–Crippen LogP) is -4.60. The third-order valence-corrected chi connectivity index (χ3v) is 19.7. The zero-order valence-corrected chi connectivity index (χ0v) is 68.4. The minimum atomic E-state index is -1.49. The molecule has 2 heterocycles. The molecular formula is C80H118N28O14. The molecule has 0 spiro atoms. The molecular weight excluding hydrogens is 1580 g/mol. The SMILES string of the molecule is CCC[C@H](NC(=O)[C@H](CCCN=C(N)N)NC(=O)[C@H](Cc1c[nH]c2ccccc12)NC(=O)C(N)CCC(N)C(=O)N[C@@H](Cc1c[nH]c2ccccc12)C(=O)N[C@@H](CCCN=C(N)N)C(=O)N[C@@H](CCC)C(=O)N[C@@H](CCCN=C(N)N)C(=O)N[C@@H](Cc1ccc(O)cc1)C(N)=O)C(=O)N[C@@H](CCCN=C(N)N)C(=O)N[C@@H](Cc1ccc(O)cc1)C(N)=O. The zero-order chi connectivity index (χ0) is 89.5. The van der Waals surface area contributed by atoms with Gasteiger partial charge >= 0.3 is 0 Å². The third kappa shape index (κ3) is 32.8. The summed E-state index contributed by atoms with van der Waals surface area (Å²) in [5.74, 6) is -11.4. The largest absolute Gasteiger partial charge is 0.508 e. The highest BCUT2D eigenvalue weighted by Crippen LogP contribution is 2.23. The molecule has 6 rings (SSSR count). The number of H-pyrrole nitrogens is 2. The third-order valence-electron chi connectivity index (χ3n) is 19.7. The van der Waals surface area contributed by atoms with Gasteiger partial charge in [-0.05, 0) is 136 Å². The van der Waals surface area contributed by atoms with E-state index in [1.165, 1.54) is 48.5 Å². The van der Waals surface area contributed by atoms with E-state index in [4.69, 9.17) is 68.8 Å². The average Bonchev–Trinajstić information content (AvgIpc) is 1.67. The molecule has 6 aromatic rings. The van der Waals surface area contributed by atoms with Crippen LogP contribution >= 0.6 is 0 Å². The van der Waals surface area contributed by atoms with Crippen LogP contribution in [0.5, 0.6) is 11.5 Å². The van der Waals surface area contributed by atoms with Gasteiger partial charge in [0.25, 0.3) is 0 Å². The van der Waals surface area contributed by atoms with Crippen LogP contribution in [0.25, 0.3) is 21.8 Å². The number of fused-ring (bicyclic) bond motifs is 2. The smallest absolute Gasteiger partial charge is 0.243 e. The van der Waals surface area contributed by atoms with Gasteiger partial charge in [-0.25, -0.2) is 0 Å². The molecule has 12 atom stereocenters. The van der Waals surface area contributed by atoms with E-state index >= 15 is 0 Å². The number of nitrogens with two attached hydrogens (primary N) is 12. The lowest BCUT2D eigenvalue weighted by Gasteiger charge is -2.27. The molecule has 0 bridgehead atoms. The van der Waals surface area contributed by atoms with Crippen molar-refractivity contribution in [2.45, 2.75) is 202 Å². The van der Waals surface area contributed by atoms with Crippen LogP contribution in [0.4, 0.5) is 0 Å². The Bertz CT molecular complexity index is 4340. The molecule has 4 aromatic carbocycles. The Morgan fingerprint density at radius 2 is 0.557 bits per heavy atom. The number of aliphatic imine (C=N–C) groups is 4. The van der Waals surface area contributed by atoms with Gasteiger partial charge in [-0.15, -0.1) is 0 Å². The molecule has 42 heteroatoms. The van der Waals surface area contributed by atoms with Crippen molar-refractivity contribution in [2.24, 2.45) is 88.8 Å². The first kappa shape index (κ1) is 97.0. The first-order valence-corrected chi connectivity index (χ1v) is 40.1. The molecule has 662 valence electrons. The fourth-order valence-electron chi connectivity index (χ4n) is 13.2. The number of amides is 12. The number of carbonyl (C=O) groups excluding carboxylic acids is 12. The van der Waals surface area contributed by atoms with Gasteiger partial charge in [0.2, 0.25) is 70.9 Å². The molecule has 38 N–H and O–H groups in total. The summed E-state index contributed by atoms with van der Waals surface area (Å²) >= 11 is 0. The number of nitrogens with one attached hydrogen (secondary N) is 12. The average molecular weight is 1700 g/mol. The first-order valence-electron chi connectivity index (χ1n) is 40.1. The summed E-state index contributed by atoms with van der Waals surface area (Å²) in [6.45, 7) is 3.52. The Labute approximate surface area is 704 Å². The summed E-state index contributed by atoms with van der Waals surface area (Å²) in [7, 11) is 0. The summed E-state index contributed by atoms with van der Waals surface area (Å²) < 4.78 is 0. The second-order valence-electron chi connectivity index (χ2n) is 29.4. The number of guanidine groups is 4. The molecule has 2 aromatic heterocycles. The minimum absolute atomic E-state index is 0.00817. The van der Waals surface area contributed by atoms with Crippen LogP contribution in [0.1, 0.15) is 126 Å². The number of hydrogen-bond acceptors (Lipinski definition) is 20. The quantitative estimate of drug-likeness (QED) is 0.00971. The Hall–Kier alpha value is -13.8. The second kappa shape index (κ2) is 49.6. The number of aromatic amines is 2. The van der Waals surface area contributed by atoms with Crippen molar-refractivity contribution in [1.82, 2.24) is 63.1 Å². The number of aromatic nitrogens is 2. The van der Waals surface area contributed by atoms with Gasteiger partial charge in [-0.1, -0.05) is 87.4 Å². The van der Waals surface area contributed by atoms with Crippen molar-refractivity contribution in [3.63, 3.8) is 0 Å². The molecule has 0 aliphatic rings. The fraction of sp³-hybridized carbons (Fsp3) is 0.450. The Morgan fingerprint density at radius 3 is 0.820 bits per heavy atom. The molecule has 0 fully saturated rings. The van der Waals surface area contributed by atoms with Gasteiger partial charge in [-0.3, -0.25) is 77.5 Å². The van der Waals surface area contributed by atoms with Gasteiger partial charge in [0.05, 0.1) is 12.1 Å². The van der Waals surface area contributed by atoms with Crippen LogP contribution in [0.2, 0.25) is 0 Å². The van der Waals surface area contributed by atoms with Gasteiger partial charge in [0.1, 0.15) is 71.9 Å². The normalized spacial score (nSPS) is 14.0. The first-order chi connectivity index (χ1) is 58.1. The Kier molecular flexibility index (Phi) is 39.4. The Morgan fingerprint density at radius 1 is 0.311 bits per heavy atom. The van der Waals surface area contributed by atoms with Gasteiger partial charge in [0, 0.05) is 86.1 Å². The number of benzene rings is 4. The topological polar surface area (TPSA) is 759 Å². The molecule has 122 heavy (non-hydrogen) atoms. The minimum Gasteiger partial charge on any atom is -0.508 e. The van der Waals surface area contributed by atoms with E-state index in [1.54, 1.807) is 74.8 Å². The highest BCUT2D eigenvalue weighted by atomic mass is 16.3. The number of phenolic OH excluding ortho intramolecular Hbond substituents is 2. The van der Waals surface area contributed by atoms with Gasteiger partial charge < -0.3 is 142 Å². The van der Waals surface area contributed by atoms with Crippen LogP contribution in [0.3, 0.4) is 0 Å². The molecule has 0 aliphatic carbocycles. The van der Waals surface area contributed by atoms with E-state index in [2.05, 4.69) is 83.1 Å². The molecule has 0 radical (unpaired) electrons. The summed E-state index contributed by atoms with van der Waals surface area (Å²) in [4.78, 5) is 193. The number of phenols is 2. The zero-order valence-electron chi connectivity index (χ0n) is 68.4. The number of rotatable bonds is 53. The maximum Gasteiger partial charge on any atom is 0.243 e. The number of para-hydroxylation sites is 2. The number of primary amides is 2. The van der Waals surface area contributed by atoms with Crippen LogP contribution in [-0.2, 0) is 83.2 Å². The summed E-state index contributed by atoms with van der Waals surface area (Å²) in [6.07, 6.45) is 2.84. The van der Waals surface area contributed by atoms with E-state index < -0.39 is 143 Å². The molecule has 0 aliphatic heterocycles. The van der Waals surface area contributed by atoms with E-state index in [0.29, 0.717) is 56.9 Å². The van der Waals surface area contributed by atoms with Crippen molar-refractivity contribution >= 4 is 117 Å². The lowest BCUT2D eigenvalue weighted by Crippen LogP contribution is -2.60. The molecule has 0 saturated heterocycles. The number of hydrogen-bond donors (Lipinski definition) is 26. The molecule has 12 amide bonds. The van der Waals surface area contributed by atoms with Crippen molar-refractivity contribution in [3.8, 4) is 11.5 Å². The van der Waals surface area contributed by atoms with E-state index in [0.717, 1.165) is 0 Å². The molecule has 0 saturated carbocycles. The van der Waals surface area contributed by atoms with Crippen molar-refractivity contribution in [3.05, 3.63) is 132 Å². The maximum absolute atomic E-state index is 15.0. The van der Waals surface area contributed by atoms with E-state index in [-0.39, 0.29) is 164 Å². The van der Waals surface area contributed by atoms with Crippen LogP contribution in [0.15, 0.2) is 129 Å². The summed E-state index contributed by atoms with van der Waals surface area (Å²) in [6, 6.07) is 9.19. The van der Waals surface area contributed by atoms with Crippen molar-refractivity contribution in [2.75, 3.05) is 26.2 Å². The molecule has 2 unspecified atom stereocenters. The predicted molar refractivity (Wildman–Crippen MR) is 460 cm³/mol. The second-order valence-corrected chi connectivity index (χ2v) is 29.4. The van der Waals surface area contributed by atoms with E-state index in [1.807, 2.05) is 0 Å². The number of nitrogens with zero attached hydrogens (tertiary/aromatic N) is 4. The highest BCUT2D eigenvalue weighted by Gasteiger charge is 2.37. The van der Waals surface area contributed by atoms with Crippen LogP contribution in [0, 0.1) is 0 Å². The summed E-state index contributed by atoms with van der Waals surface area (Å²) in [5, 5.41) is 47.9. The maximum atomic E-state index is 15.0. The van der Waals surface area contributed by atoms with Gasteiger partial charge in [-0.2, -0.15) is 0 Å². The lowest BCUT2D eigenvalue weighted by molar-refractivity contribution is -0.135. The Balaban J connectivity index is 1.22. The number of carbonyl (C=O) groups is 12. The van der Waals surface area contributed by atoms with Crippen LogP contribution in [-0.4, -0.2) is 214 Å². The molecule has 42 nitrogen and oxygen atoms in total. The monoisotopic (exact) mass is 1690 g/mol. The van der Waals surface area contributed by atoms with E-state index in [9.17, 15) is 67.7 Å².